The molecular formula is C14H20Cl2N2. The fourth-order valence-corrected chi connectivity index (χ4v) is 3.11. The van der Waals surface area contributed by atoms with Crippen LogP contribution in [-0.4, -0.2) is 6.54 Å². The molecule has 0 aliphatic heterocycles. The highest BCUT2D eigenvalue weighted by molar-refractivity contribution is 6.42. The van der Waals surface area contributed by atoms with Gasteiger partial charge in [-0.2, -0.15) is 0 Å². The molecule has 1 aliphatic carbocycles. The summed E-state index contributed by atoms with van der Waals surface area (Å²) < 4.78 is 0. The molecule has 0 atom stereocenters. The largest absolute Gasteiger partial charge is 0.397 e. The van der Waals surface area contributed by atoms with Gasteiger partial charge in [0, 0.05) is 6.54 Å². The first-order valence-electron chi connectivity index (χ1n) is 6.16. The van der Waals surface area contributed by atoms with Crippen LogP contribution in [0.2, 0.25) is 10.0 Å². The van der Waals surface area contributed by atoms with Gasteiger partial charge in [-0.1, -0.05) is 50.9 Å². The molecule has 0 bridgehead atoms. The van der Waals surface area contributed by atoms with Crippen molar-refractivity contribution in [2.45, 2.75) is 27.7 Å². The first kappa shape index (κ1) is 13.8. The molecule has 0 radical (unpaired) electrons. The van der Waals surface area contributed by atoms with E-state index in [1.165, 1.54) is 0 Å². The quantitative estimate of drug-likeness (QED) is 0.793. The number of hydrogen-bond donors (Lipinski definition) is 2. The van der Waals surface area contributed by atoms with Gasteiger partial charge in [0.1, 0.15) is 0 Å². The number of nitrogen functional groups attached to an aromatic ring is 1. The van der Waals surface area contributed by atoms with Crippen LogP contribution in [0.25, 0.3) is 0 Å². The molecular weight excluding hydrogens is 267 g/mol. The highest BCUT2D eigenvalue weighted by Crippen LogP contribution is 2.68. The zero-order chi connectivity index (χ0) is 13.7. The molecule has 0 spiro atoms. The highest BCUT2D eigenvalue weighted by Gasteiger charge is 2.64. The van der Waals surface area contributed by atoms with Gasteiger partial charge < -0.3 is 11.1 Å². The fourth-order valence-electron chi connectivity index (χ4n) is 2.77. The molecule has 0 aromatic heterocycles. The van der Waals surface area contributed by atoms with E-state index in [2.05, 4.69) is 33.0 Å². The molecule has 18 heavy (non-hydrogen) atoms. The van der Waals surface area contributed by atoms with Crippen molar-refractivity contribution in [1.29, 1.82) is 0 Å². The summed E-state index contributed by atoms with van der Waals surface area (Å²) in [5, 5.41) is 4.41. The number of nitrogens with one attached hydrogen (secondary N) is 1. The Balaban J connectivity index is 2.07. The molecule has 1 aliphatic rings. The van der Waals surface area contributed by atoms with E-state index in [1.807, 2.05) is 0 Å². The zero-order valence-corrected chi connectivity index (χ0v) is 12.8. The van der Waals surface area contributed by atoms with E-state index >= 15 is 0 Å². The summed E-state index contributed by atoms with van der Waals surface area (Å²) in [6.45, 7) is 10.1. The van der Waals surface area contributed by atoms with E-state index in [1.54, 1.807) is 12.1 Å². The van der Waals surface area contributed by atoms with Crippen LogP contribution in [0.4, 0.5) is 11.4 Å². The van der Waals surface area contributed by atoms with Crippen LogP contribution in [0.3, 0.4) is 0 Å². The summed E-state index contributed by atoms with van der Waals surface area (Å²) in [6.07, 6.45) is 0. The molecule has 2 rings (SSSR count). The summed E-state index contributed by atoms with van der Waals surface area (Å²) in [7, 11) is 0. The number of anilines is 2. The van der Waals surface area contributed by atoms with Crippen molar-refractivity contribution in [3.63, 3.8) is 0 Å². The van der Waals surface area contributed by atoms with Crippen LogP contribution in [0.1, 0.15) is 27.7 Å². The Kier molecular flexibility index (Phi) is 3.23. The monoisotopic (exact) mass is 286 g/mol. The van der Waals surface area contributed by atoms with Crippen molar-refractivity contribution in [3.05, 3.63) is 22.2 Å². The van der Waals surface area contributed by atoms with Gasteiger partial charge in [-0.25, -0.2) is 0 Å². The summed E-state index contributed by atoms with van der Waals surface area (Å²) in [4.78, 5) is 0. The maximum atomic E-state index is 6.00. The summed E-state index contributed by atoms with van der Waals surface area (Å²) >= 11 is 11.9. The number of rotatable bonds is 3. The smallest absolute Gasteiger partial charge is 0.0614 e. The Morgan fingerprint density at radius 2 is 1.61 bits per heavy atom. The molecule has 1 aromatic rings. The topological polar surface area (TPSA) is 38.0 Å². The minimum atomic E-state index is 0.366. The van der Waals surface area contributed by atoms with Crippen molar-refractivity contribution in [3.8, 4) is 0 Å². The predicted molar refractivity (Wildman–Crippen MR) is 80.4 cm³/mol. The fraction of sp³-hybridized carbons (Fsp3) is 0.571. The maximum Gasteiger partial charge on any atom is 0.0614 e. The van der Waals surface area contributed by atoms with Gasteiger partial charge in [0.15, 0.2) is 0 Å². The third-order valence-corrected chi connectivity index (χ3v) is 5.63. The van der Waals surface area contributed by atoms with Gasteiger partial charge in [-0.15, -0.1) is 0 Å². The Labute approximate surface area is 119 Å². The SMILES string of the molecule is CC1(C)C(CNc2cc(Cl)c(Cl)cc2N)C1(C)C. The normalized spacial score (nSPS) is 20.8. The Bertz CT molecular complexity index is 467. The second kappa shape index (κ2) is 4.21. The van der Waals surface area contributed by atoms with Gasteiger partial charge in [-0.05, 0) is 28.9 Å². The predicted octanol–water partition coefficient (Wildman–Crippen LogP) is 4.67. The zero-order valence-electron chi connectivity index (χ0n) is 11.3. The van der Waals surface area contributed by atoms with Crippen LogP contribution >= 0.6 is 23.2 Å². The molecule has 0 unspecified atom stereocenters. The lowest BCUT2D eigenvalue weighted by molar-refractivity contribution is 0.457. The van der Waals surface area contributed by atoms with E-state index in [0.29, 0.717) is 32.5 Å². The van der Waals surface area contributed by atoms with E-state index in [-0.39, 0.29) is 0 Å². The van der Waals surface area contributed by atoms with E-state index in [9.17, 15) is 0 Å². The molecule has 1 saturated carbocycles. The first-order valence-corrected chi connectivity index (χ1v) is 6.92. The molecule has 100 valence electrons. The number of benzene rings is 1. The summed E-state index contributed by atoms with van der Waals surface area (Å²) in [6, 6.07) is 3.48. The van der Waals surface area contributed by atoms with E-state index in [0.717, 1.165) is 12.2 Å². The summed E-state index contributed by atoms with van der Waals surface area (Å²) in [5.41, 5.74) is 8.16. The molecule has 0 amide bonds. The van der Waals surface area contributed by atoms with Crippen LogP contribution in [-0.2, 0) is 0 Å². The maximum absolute atomic E-state index is 6.00. The second-order valence-electron chi connectivity index (χ2n) is 6.23. The van der Waals surface area contributed by atoms with Gasteiger partial charge in [-0.3, -0.25) is 0 Å². The first-order chi connectivity index (χ1) is 8.18. The Hall–Kier alpha value is -0.600. The number of nitrogens with two attached hydrogens (primary N) is 1. The standard InChI is InChI=1S/C14H20Cl2N2/c1-13(2)12(14(13,3)4)7-18-11-6-9(16)8(15)5-10(11)17/h5-6,12,18H,7,17H2,1-4H3. The third kappa shape index (κ3) is 2.06. The molecule has 0 heterocycles. The lowest BCUT2D eigenvalue weighted by Crippen LogP contribution is -2.09. The third-order valence-electron chi connectivity index (χ3n) is 4.91. The lowest BCUT2D eigenvalue weighted by Gasteiger charge is -2.11. The average Bonchev–Trinajstić information content (AvgIpc) is 2.62. The lowest BCUT2D eigenvalue weighted by atomic mass is 10.0. The Morgan fingerprint density at radius 1 is 1.11 bits per heavy atom. The van der Waals surface area contributed by atoms with E-state index < -0.39 is 0 Å². The Morgan fingerprint density at radius 3 is 2.11 bits per heavy atom. The van der Waals surface area contributed by atoms with Crippen molar-refractivity contribution < 1.29 is 0 Å². The van der Waals surface area contributed by atoms with E-state index in [4.69, 9.17) is 28.9 Å². The molecule has 2 nitrogen and oxygen atoms in total. The molecule has 3 N–H and O–H groups in total. The molecule has 1 aromatic carbocycles. The van der Waals surface area contributed by atoms with Gasteiger partial charge in [0.05, 0.1) is 21.4 Å². The molecule has 1 fully saturated rings. The van der Waals surface area contributed by atoms with Crippen molar-refractivity contribution >= 4 is 34.6 Å². The van der Waals surface area contributed by atoms with Gasteiger partial charge in [0.2, 0.25) is 0 Å². The van der Waals surface area contributed by atoms with Crippen LogP contribution in [0.15, 0.2) is 12.1 Å². The number of halogens is 2. The van der Waals surface area contributed by atoms with Gasteiger partial charge >= 0.3 is 0 Å². The highest BCUT2D eigenvalue weighted by atomic mass is 35.5. The van der Waals surface area contributed by atoms with Crippen molar-refractivity contribution in [1.82, 2.24) is 0 Å². The van der Waals surface area contributed by atoms with Crippen molar-refractivity contribution in [2.24, 2.45) is 16.7 Å². The van der Waals surface area contributed by atoms with Crippen LogP contribution in [0, 0.1) is 16.7 Å². The average molecular weight is 287 g/mol. The molecule has 4 heteroatoms. The van der Waals surface area contributed by atoms with Crippen LogP contribution < -0.4 is 11.1 Å². The second-order valence-corrected chi connectivity index (χ2v) is 7.04. The minimum Gasteiger partial charge on any atom is -0.397 e. The summed E-state index contributed by atoms with van der Waals surface area (Å²) in [5.74, 6) is 0.638. The van der Waals surface area contributed by atoms with Crippen molar-refractivity contribution in [2.75, 3.05) is 17.6 Å². The minimum absolute atomic E-state index is 0.366. The van der Waals surface area contributed by atoms with Crippen LogP contribution in [0.5, 0.6) is 0 Å². The number of hydrogen-bond acceptors (Lipinski definition) is 2. The van der Waals surface area contributed by atoms with Gasteiger partial charge in [0.25, 0.3) is 0 Å². The molecule has 0 saturated heterocycles.